The van der Waals surface area contributed by atoms with Gasteiger partial charge < -0.3 is 39.6 Å². The van der Waals surface area contributed by atoms with Crippen molar-refractivity contribution in [3.05, 3.63) is 52.6 Å². The van der Waals surface area contributed by atoms with Crippen molar-refractivity contribution in [2.45, 2.75) is 96.3 Å². The van der Waals surface area contributed by atoms with E-state index < -0.39 is 42.0 Å². The number of hydrogen-bond donors (Lipinski definition) is 3. The number of halogens is 1. The van der Waals surface area contributed by atoms with Gasteiger partial charge in [0.15, 0.2) is 0 Å². The summed E-state index contributed by atoms with van der Waals surface area (Å²) in [4.78, 5) is 50.7. The fourth-order valence-electron chi connectivity index (χ4n) is 5.50. The highest BCUT2D eigenvalue weighted by atomic mass is 35.5. The lowest BCUT2D eigenvalue weighted by atomic mass is 9.85. The van der Waals surface area contributed by atoms with Crippen LogP contribution in [0, 0.1) is 5.92 Å². The van der Waals surface area contributed by atoms with E-state index in [4.69, 9.17) is 35.7 Å². The minimum atomic E-state index is -0.973. The van der Waals surface area contributed by atoms with E-state index >= 15 is 0 Å². The Morgan fingerprint density at radius 2 is 1.94 bits per heavy atom. The minimum Gasteiger partial charge on any atom is -0.495 e. The molecule has 47 heavy (non-hydrogen) atoms. The summed E-state index contributed by atoms with van der Waals surface area (Å²) in [5.74, 6) is -0.842. The highest BCUT2D eigenvalue weighted by molar-refractivity contribution is 6.32. The number of cyclic esters (lactones) is 1. The number of aliphatic hydroxyl groups excluding tert-OH is 1. The van der Waals surface area contributed by atoms with Crippen LogP contribution in [0.15, 0.2) is 42.0 Å². The molecule has 2 saturated heterocycles. The zero-order valence-corrected chi connectivity index (χ0v) is 29.6. The van der Waals surface area contributed by atoms with Gasteiger partial charge in [0.1, 0.15) is 29.6 Å². The monoisotopic (exact) mass is 679 g/mol. The molecule has 3 amide bonds. The summed E-state index contributed by atoms with van der Waals surface area (Å²) in [5, 5.41) is 13.0. The Labute approximate surface area is 282 Å². The molecule has 1 aromatic rings. The number of esters is 1. The Morgan fingerprint density at radius 1 is 1.26 bits per heavy atom. The number of amides is 3. The summed E-state index contributed by atoms with van der Waals surface area (Å²) in [6.07, 6.45) is 5.55. The first-order chi connectivity index (χ1) is 22.2. The summed E-state index contributed by atoms with van der Waals surface area (Å²) in [6, 6.07) is 4.74. The lowest BCUT2D eigenvalue weighted by Gasteiger charge is -2.33. The van der Waals surface area contributed by atoms with E-state index in [-0.39, 0.29) is 30.2 Å². The van der Waals surface area contributed by atoms with Gasteiger partial charge in [-0.25, -0.2) is 9.59 Å². The van der Waals surface area contributed by atoms with Crippen LogP contribution in [0.25, 0.3) is 0 Å². The van der Waals surface area contributed by atoms with Gasteiger partial charge in [0.2, 0.25) is 11.8 Å². The predicted octanol–water partition coefficient (Wildman–Crippen LogP) is 3.97. The number of rotatable bonds is 14. The number of aliphatic hydroxyl groups is 1. The van der Waals surface area contributed by atoms with Crippen molar-refractivity contribution in [1.29, 1.82) is 0 Å². The number of carbonyl (C=O) groups excluding carboxylic acids is 4. The van der Waals surface area contributed by atoms with Crippen LogP contribution in [-0.2, 0) is 35.0 Å². The second-order valence-electron chi connectivity index (χ2n) is 12.0. The molecule has 0 spiro atoms. The molecule has 3 rings (SSSR count). The molecule has 0 saturated carbocycles. The number of nitrogens with zero attached hydrogens (tertiary/aromatic N) is 1. The molecule has 2 heterocycles. The maximum absolute atomic E-state index is 12.9. The fourth-order valence-corrected chi connectivity index (χ4v) is 5.69. The van der Waals surface area contributed by atoms with Crippen LogP contribution in [0.3, 0.4) is 0 Å². The zero-order valence-electron chi connectivity index (χ0n) is 28.8. The number of hydrogen-bond acceptors (Lipinski definition) is 9. The molecule has 7 atom stereocenters. The standard InChI is InChI=1S/C33H46ClN3O8.CH4O/c1-19(15-23-13-14-25(34)27(16-23)42-8)11-9-10-12-24-17-26(43-32(41)36-24)20(2)30-33(5,45-30)28(18-29(39)35-6)44-31(40)21(3)37(7)22(4)38;1-2/h9-11,13-14,16,20-21,24,26,28,30H,12,15,17-18H2,1-8H3,(H,35,39)(H,36,41);2H,1H3/b10-9+,19-11+;/t20-,21?,24?,26?,28+,30?,33?;/m1./s1. The molecule has 2 fully saturated rings. The molecule has 1 aromatic carbocycles. The number of carbonyl (C=O) groups is 4. The second kappa shape index (κ2) is 18.1. The zero-order chi connectivity index (χ0) is 35.5. The number of nitrogens with one attached hydrogen (secondary N) is 2. The summed E-state index contributed by atoms with van der Waals surface area (Å²) in [7, 11) is 5.60. The van der Waals surface area contributed by atoms with Gasteiger partial charge >= 0.3 is 12.1 Å². The third kappa shape index (κ3) is 11.0. The van der Waals surface area contributed by atoms with Gasteiger partial charge in [-0.05, 0) is 51.3 Å². The van der Waals surface area contributed by atoms with Gasteiger partial charge in [-0.1, -0.05) is 48.4 Å². The number of allylic oxidation sites excluding steroid dienone is 3. The topological polar surface area (TPSA) is 156 Å². The molecular formula is C34H50ClN3O9. The smallest absolute Gasteiger partial charge is 0.407 e. The van der Waals surface area contributed by atoms with Crippen LogP contribution in [0.4, 0.5) is 4.79 Å². The molecule has 12 nitrogen and oxygen atoms in total. The number of benzene rings is 1. The van der Waals surface area contributed by atoms with Crippen LogP contribution in [0.2, 0.25) is 5.02 Å². The van der Waals surface area contributed by atoms with Crippen LogP contribution in [0.5, 0.6) is 5.75 Å². The van der Waals surface area contributed by atoms with Gasteiger partial charge in [-0.15, -0.1) is 0 Å². The summed E-state index contributed by atoms with van der Waals surface area (Å²) >= 11 is 6.13. The Hall–Kier alpha value is -3.61. The average Bonchev–Trinajstić information content (AvgIpc) is 3.75. The SMILES string of the molecule is CNC(=O)C[C@H](OC(=O)C(C)N(C)C(C)=O)C1(C)OC1[C@H](C)C1CC(C/C=C/C=C(\C)Cc2ccc(Cl)c(OC)c2)NC(=O)O1.CO. The Kier molecular flexibility index (Phi) is 15.2. The second-order valence-corrected chi connectivity index (χ2v) is 12.4. The number of epoxide rings is 1. The average molecular weight is 680 g/mol. The first kappa shape index (κ1) is 39.6. The van der Waals surface area contributed by atoms with E-state index in [0.717, 1.165) is 24.7 Å². The molecular weight excluding hydrogens is 630 g/mol. The maximum atomic E-state index is 12.9. The number of methoxy groups -OCH3 is 1. The molecule has 13 heteroatoms. The van der Waals surface area contributed by atoms with E-state index in [9.17, 15) is 19.2 Å². The lowest BCUT2D eigenvalue weighted by molar-refractivity contribution is -0.161. The summed E-state index contributed by atoms with van der Waals surface area (Å²) < 4.78 is 22.8. The number of likely N-dealkylation sites (N-methyl/N-ethyl adjacent to an activating group) is 1. The highest BCUT2D eigenvalue weighted by Crippen LogP contribution is 2.48. The minimum absolute atomic E-state index is 0.115. The molecule has 5 unspecified atom stereocenters. The first-order valence-electron chi connectivity index (χ1n) is 15.6. The molecule has 0 radical (unpaired) electrons. The van der Waals surface area contributed by atoms with Crippen molar-refractivity contribution in [3.63, 3.8) is 0 Å². The van der Waals surface area contributed by atoms with E-state index in [0.29, 0.717) is 23.6 Å². The third-order valence-electron chi connectivity index (χ3n) is 8.65. The Balaban J connectivity index is 0.00000376. The van der Waals surface area contributed by atoms with E-state index in [1.54, 1.807) is 21.0 Å². The maximum Gasteiger partial charge on any atom is 0.407 e. The molecule has 3 N–H and O–H groups in total. The summed E-state index contributed by atoms with van der Waals surface area (Å²) in [6.45, 7) is 8.68. The van der Waals surface area contributed by atoms with Crippen molar-refractivity contribution >= 4 is 35.5 Å². The predicted molar refractivity (Wildman–Crippen MR) is 178 cm³/mol. The van der Waals surface area contributed by atoms with Crippen molar-refractivity contribution in [3.8, 4) is 5.75 Å². The van der Waals surface area contributed by atoms with Crippen LogP contribution in [0.1, 0.15) is 59.4 Å². The fraction of sp³-hybridized carbons (Fsp3) is 0.588. The summed E-state index contributed by atoms with van der Waals surface area (Å²) in [5.41, 5.74) is 1.27. The van der Waals surface area contributed by atoms with E-state index in [2.05, 4.69) is 10.6 Å². The van der Waals surface area contributed by atoms with Crippen LogP contribution in [-0.4, -0.2) is 98.2 Å². The Bertz CT molecular complexity index is 1320. The molecule has 2 aliphatic rings. The first-order valence-corrected chi connectivity index (χ1v) is 16.0. The van der Waals surface area contributed by atoms with E-state index in [1.165, 1.54) is 25.9 Å². The largest absolute Gasteiger partial charge is 0.495 e. The van der Waals surface area contributed by atoms with Crippen molar-refractivity contribution < 1.29 is 43.2 Å². The van der Waals surface area contributed by atoms with Gasteiger partial charge in [0.05, 0.1) is 24.7 Å². The molecule has 262 valence electrons. The quantitative estimate of drug-likeness (QED) is 0.150. The lowest BCUT2D eigenvalue weighted by Crippen LogP contribution is -2.49. The molecule has 0 aliphatic carbocycles. The van der Waals surface area contributed by atoms with Gasteiger partial charge in [0.25, 0.3) is 0 Å². The molecule has 0 aromatic heterocycles. The highest BCUT2D eigenvalue weighted by Gasteiger charge is 2.63. The third-order valence-corrected chi connectivity index (χ3v) is 8.96. The normalized spacial score (nSPS) is 24.0. The van der Waals surface area contributed by atoms with Gasteiger partial charge in [-0.2, -0.15) is 0 Å². The van der Waals surface area contributed by atoms with Crippen LogP contribution >= 0.6 is 11.6 Å². The van der Waals surface area contributed by atoms with E-state index in [1.807, 2.05) is 50.3 Å². The van der Waals surface area contributed by atoms with Gasteiger partial charge in [0, 0.05) is 46.5 Å². The van der Waals surface area contributed by atoms with Gasteiger partial charge in [-0.3, -0.25) is 9.59 Å². The molecule has 0 bridgehead atoms. The van der Waals surface area contributed by atoms with Crippen molar-refractivity contribution in [1.82, 2.24) is 15.5 Å². The van der Waals surface area contributed by atoms with Crippen molar-refractivity contribution in [2.24, 2.45) is 5.92 Å². The van der Waals surface area contributed by atoms with Crippen molar-refractivity contribution in [2.75, 3.05) is 28.3 Å². The molecule has 2 aliphatic heterocycles. The number of alkyl carbamates (subject to hydrolysis) is 1. The number of ether oxygens (including phenoxy) is 4. The van der Waals surface area contributed by atoms with Crippen LogP contribution < -0.4 is 15.4 Å². The Morgan fingerprint density at radius 3 is 2.55 bits per heavy atom.